The zero-order valence-corrected chi connectivity index (χ0v) is 14.5. The molecule has 0 aliphatic rings. The van der Waals surface area contributed by atoms with Crippen LogP contribution in [0.1, 0.15) is 44.6 Å². The molecule has 122 valence electrons. The van der Waals surface area contributed by atoms with E-state index in [0.29, 0.717) is 34.9 Å². The Morgan fingerprint density at radius 2 is 1.87 bits per heavy atom. The lowest BCUT2D eigenvalue weighted by Crippen LogP contribution is -2.08. The van der Waals surface area contributed by atoms with E-state index in [-0.39, 0.29) is 11.8 Å². The number of ether oxygens (including phenoxy) is 1. The van der Waals surface area contributed by atoms with Gasteiger partial charge in [0.05, 0.1) is 23.6 Å². The fraction of sp³-hybridized carbons (Fsp3) is 0.333. The van der Waals surface area contributed by atoms with Crippen LogP contribution in [-0.4, -0.2) is 29.1 Å². The number of Topliss-reactive ketones (excluding diaryl/α,β-unsaturated/α-hetero) is 1. The van der Waals surface area contributed by atoms with Crippen molar-refractivity contribution in [1.82, 2.24) is 4.98 Å². The van der Waals surface area contributed by atoms with Crippen molar-refractivity contribution >= 4 is 23.5 Å². The standard InChI is InChI=1S/C18H21NO3S/c1-4-22-18(21)16-12(2)17(19-13(16)3)15(20)11-23-10-14-8-6-5-7-9-14/h5-9,19H,4,10-11H2,1-3H3. The number of nitrogens with one attached hydrogen (secondary N) is 1. The van der Waals surface area contributed by atoms with E-state index in [1.165, 1.54) is 5.56 Å². The third-order valence-corrected chi connectivity index (χ3v) is 4.54. The van der Waals surface area contributed by atoms with Crippen LogP contribution in [0.5, 0.6) is 0 Å². The Morgan fingerprint density at radius 1 is 1.17 bits per heavy atom. The van der Waals surface area contributed by atoms with Gasteiger partial charge in [-0.1, -0.05) is 30.3 Å². The summed E-state index contributed by atoms with van der Waals surface area (Å²) in [6, 6.07) is 10.0. The second kappa shape index (κ2) is 8.02. The van der Waals surface area contributed by atoms with E-state index >= 15 is 0 Å². The van der Waals surface area contributed by atoms with Gasteiger partial charge in [-0.3, -0.25) is 4.79 Å². The van der Waals surface area contributed by atoms with Crippen molar-refractivity contribution in [1.29, 1.82) is 0 Å². The summed E-state index contributed by atoms with van der Waals surface area (Å²) in [6.07, 6.45) is 0. The highest BCUT2D eigenvalue weighted by atomic mass is 32.2. The van der Waals surface area contributed by atoms with E-state index in [0.717, 1.165) is 5.75 Å². The monoisotopic (exact) mass is 331 g/mol. The summed E-state index contributed by atoms with van der Waals surface area (Å²) in [5, 5.41) is 0. The molecule has 2 aromatic rings. The number of esters is 1. The predicted octanol–water partition coefficient (Wildman–Crippen LogP) is 3.92. The quantitative estimate of drug-likeness (QED) is 0.617. The summed E-state index contributed by atoms with van der Waals surface area (Å²) in [4.78, 5) is 27.4. The molecule has 1 N–H and O–H groups in total. The minimum absolute atomic E-state index is 0.00193. The summed E-state index contributed by atoms with van der Waals surface area (Å²) >= 11 is 1.57. The molecule has 0 aliphatic carbocycles. The molecular formula is C18H21NO3S. The van der Waals surface area contributed by atoms with Gasteiger partial charge in [0.2, 0.25) is 0 Å². The van der Waals surface area contributed by atoms with Crippen LogP contribution in [0.4, 0.5) is 0 Å². The molecule has 0 aliphatic heterocycles. The number of aryl methyl sites for hydroxylation is 1. The van der Waals surface area contributed by atoms with Gasteiger partial charge in [-0.15, -0.1) is 11.8 Å². The molecule has 0 fully saturated rings. The highest BCUT2D eigenvalue weighted by molar-refractivity contribution is 7.99. The molecule has 0 radical (unpaired) electrons. The molecule has 0 saturated heterocycles. The molecule has 0 bridgehead atoms. The van der Waals surface area contributed by atoms with Crippen LogP contribution >= 0.6 is 11.8 Å². The molecule has 1 aromatic heterocycles. The SMILES string of the molecule is CCOC(=O)c1c(C)[nH]c(C(=O)CSCc2ccccc2)c1C. The minimum Gasteiger partial charge on any atom is -0.462 e. The maximum absolute atomic E-state index is 12.4. The lowest BCUT2D eigenvalue weighted by molar-refractivity contribution is 0.0525. The van der Waals surface area contributed by atoms with Crippen molar-refractivity contribution in [3.8, 4) is 0 Å². The Bertz CT molecular complexity index is 692. The van der Waals surface area contributed by atoms with Crippen LogP contribution in [0, 0.1) is 13.8 Å². The van der Waals surface area contributed by atoms with Crippen LogP contribution in [0.2, 0.25) is 0 Å². The molecule has 0 atom stereocenters. The molecular weight excluding hydrogens is 310 g/mol. The van der Waals surface area contributed by atoms with Gasteiger partial charge < -0.3 is 9.72 Å². The van der Waals surface area contributed by atoms with E-state index in [2.05, 4.69) is 4.98 Å². The first-order valence-electron chi connectivity index (χ1n) is 7.55. The molecule has 0 saturated carbocycles. The first kappa shape index (κ1) is 17.3. The molecule has 2 rings (SSSR count). The number of rotatable bonds is 7. The Morgan fingerprint density at radius 3 is 2.52 bits per heavy atom. The Labute approximate surface area is 140 Å². The van der Waals surface area contributed by atoms with Gasteiger partial charge in [-0.25, -0.2) is 4.79 Å². The fourth-order valence-corrected chi connectivity index (χ4v) is 3.31. The fourth-order valence-electron chi connectivity index (χ4n) is 2.45. The largest absolute Gasteiger partial charge is 0.462 e. The number of aromatic amines is 1. The molecule has 23 heavy (non-hydrogen) atoms. The van der Waals surface area contributed by atoms with Crippen LogP contribution in [-0.2, 0) is 10.5 Å². The average Bonchev–Trinajstić information content (AvgIpc) is 2.83. The Balaban J connectivity index is 2.02. The van der Waals surface area contributed by atoms with Gasteiger partial charge in [0.15, 0.2) is 5.78 Å². The highest BCUT2D eigenvalue weighted by Gasteiger charge is 2.22. The summed E-state index contributed by atoms with van der Waals surface area (Å²) < 4.78 is 5.05. The molecule has 5 heteroatoms. The van der Waals surface area contributed by atoms with E-state index in [1.807, 2.05) is 30.3 Å². The van der Waals surface area contributed by atoms with Gasteiger partial charge in [-0.2, -0.15) is 0 Å². The summed E-state index contributed by atoms with van der Waals surface area (Å²) in [7, 11) is 0. The molecule has 4 nitrogen and oxygen atoms in total. The van der Waals surface area contributed by atoms with Crippen molar-refractivity contribution in [2.45, 2.75) is 26.5 Å². The van der Waals surface area contributed by atoms with Crippen molar-refractivity contribution in [2.75, 3.05) is 12.4 Å². The lowest BCUT2D eigenvalue weighted by atomic mass is 10.1. The first-order valence-corrected chi connectivity index (χ1v) is 8.71. The zero-order valence-electron chi connectivity index (χ0n) is 13.6. The van der Waals surface area contributed by atoms with Crippen LogP contribution in [0.25, 0.3) is 0 Å². The second-order valence-electron chi connectivity index (χ2n) is 5.25. The van der Waals surface area contributed by atoms with Gasteiger partial charge in [0, 0.05) is 11.4 Å². The van der Waals surface area contributed by atoms with Gasteiger partial charge >= 0.3 is 5.97 Å². The number of carbonyl (C=O) groups excluding carboxylic acids is 2. The van der Waals surface area contributed by atoms with Crippen molar-refractivity contribution < 1.29 is 14.3 Å². The summed E-state index contributed by atoms with van der Waals surface area (Å²) in [6.45, 7) is 5.65. The minimum atomic E-state index is -0.380. The lowest BCUT2D eigenvalue weighted by Gasteiger charge is -2.03. The molecule has 1 heterocycles. The number of hydrogen-bond acceptors (Lipinski definition) is 4. The second-order valence-corrected chi connectivity index (χ2v) is 6.23. The topological polar surface area (TPSA) is 59.2 Å². The van der Waals surface area contributed by atoms with Gasteiger partial charge in [-0.05, 0) is 31.9 Å². The number of thioether (sulfide) groups is 1. The number of aromatic nitrogens is 1. The number of ketones is 1. The summed E-state index contributed by atoms with van der Waals surface area (Å²) in [5.41, 5.74) is 3.52. The van der Waals surface area contributed by atoms with Gasteiger partial charge in [0.1, 0.15) is 0 Å². The first-order chi connectivity index (χ1) is 11.0. The molecule has 0 amide bonds. The molecule has 0 spiro atoms. The maximum atomic E-state index is 12.4. The van der Waals surface area contributed by atoms with E-state index in [4.69, 9.17) is 4.74 Å². The number of benzene rings is 1. The van der Waals surface area contributed by atoms with E-state index < -0.39 is 0 Å². The van der Waals surface area contributed by atoms with Gasteiger partial charge in [0.25, 0.3) is 0 Å². The van der Waals surface area contributed by atoms with Crippen LogP contribution < -0.4 is 0 Å². The van der Waals surface area contributed by atoms with Crippen LogP contribution in [0.3, 0.4) is 0 Å². The average molecular weight is 331 g/mol. The van der Waals surface area contributed by atoms with Crippen molar-refractivity contribution in [3.05, 3.63) is 58.4 Å². The molecule has 1 aromatic carbocycles. The predicted molar refractivity (Wildman–Crippen MR) is 93.2 cm³/mol. The van der Waals surface area contributed by atoms with Crippen LogP contribution in [0.15, 0.2) is 30.3 Å². The third kappa shape index (κ3) is 4.26. The number of carbonyl (C=O) groups is 2. The molecule has 0 unspecified atom stereocenters. The number of hydrogen-bond donors (Lipinski definition) is 1. The van der Waals surface area contributed by atoms with E-state index in [1.54, 1.807) is 32.5 Å². The third-order valence-electron chi connectivity index (χ3n) is 3.54. The zero-order chi connectivity index (χ0) is 16.8. The van der Waals surface area contributed by atoms with Crippen molar-refractivity contribution in [3.63, 3.8) is 0 Å². The Hall–Kier alpha value is -2.01. The number of H-pyrrole nitrogens is 1. The Kier molecular flexibility index (Phi) is 6.04. The maximum Gasteiger partial charge on any atom is 0.340 e. The van der Waals surface area contributed by atoms with Crippen molar-refractivity contribution in [2.24, 2.45) is 0 Å². The summed E-state index contributed by atoms with van der Waals surface area (Å²) in [5.74, 6) is 0.783. The highest BCUT2D eigenvalue weighted by Crippen LogP contribution is 2.21. The normalized spacial score (nSPS) is 10.6. The van der Waals surface area contributed by atoms with E-state index in [9.17, 15) is 9.59 Å². The smallest absolute Gasteiger partial charge is 0.340 e.